The molecule has 0 saturated heterocycles. The molecule has 1 unspecified atom stereocenters. The number of hydrazone groups is 1. The first kappa shape index (κ1) is 28.8. The van der Waals surface area contributed by atoms with Crippen molar-refractivity contribution in [1.29, 1.82) is 0 Å². The normalized spacial score (nSPS) is 14.8. The Hall–Kier alpha value is -4.25. The third-order valence-electron chi connectivity index (χ3n) is 6.49. The minimum absolute atomic E-state index is 0.0243. The summed E-state index contributed by atoms with van der Waals surface area (Å²) < 4.78 is 39.8. The first-order chi connectivity index (χ1) is 19.1. The Kier molecular flexibility index (Phi) is 8.83. The second-order valence-electron chi connectivity index (χ2n) is 9.87. The fourth-order valence-electron chi connectivity index (χ4n) is 4.16. The van der Waals surface area contributed by atoms with E-state index in [-0.39, 0.29) is 30.9 Å². The van der Waals surface area contributed by atoms with Gasteiger partial charge in [-0.3, -0.25) is 4.79 Å². The van der Waals surface area contributed by atoms with E-state index in [1.807, 2.05) is 44.2 Å². The lowest BCUT2D eigenvalue weighted by Gasteiger charge is -2.17. The molecular formula is C29H31F3N6O2. The maximum absolute atomic E-state index is 13.3. The van der Waals surface area contributed by atoms with Crippen LogP contribution in [0.1, 0.15) is 30.9 Å². The van der Waals surface area contributed by atoms with Crippen LogP contribution in [0.5, 0.6) is 0 Å². The molecule has 11 heteroatoms. The molecule has 8 nitrogen and oxygen atoms in total. The standard InChI is InChI=1S/C29H31F3N6O2/c1-17-3-4-19(5-8-23(14-36-33)29(30,31)32)9-25(17)21-10-22(12-24(11-21)37-18(2)15-39)26-13-27(35-16-34-26)38-28(40)20-6-7-20/h3-4,8-14,16,18,20,37,39H,5-7,15,33H2,1-2H3,(H,34,35,38,40)/b23-8+,36-14-. The van der Waals surface area contributed by atoms with Gasteiger partial charge < -0.3 is 21.6 Å². The van der Waals surface area contributed by atoms with Gasteiger partial charge in [-0.05, 0) is 73.6 Å². The van der Waals surface area contributed by atoms with Gasteiger partial charge in [0.15, 0.2) is 0 Å². The number of aromatic nitrogens is 2. The van der Waals surface area contributed by atoms with Crippen molar-refractivity contribution in [2.75, 3.05) is 17.2 Å². The number of carbonyl (C=O) groups is 1. The van der Waals surface area contributed by atoms with Crippen LogP contribution >= 0.6 is 0 Å². The Morgan fingerprint density at radius 1 is 1.18 bits per heavy atom. The molecule has 0 aliphatic heterocycles. The van der Waals surface area contributed by atoms with E-state index < -0.39 is 11.7 Å². The minimum atomic E-state index is -4.57. The van der Waals surface area contributed by atoms with Gasteiger partial charge >= 0.3 is 6.18 Å². The van der Waals surface area contributed by atoms with Gasteiger partial charge in [0.25, 0.3) is 0 Å². The maximum atomic E-state index is 13.3. The summed E-state index contributed by atoms with van der Waals surface area (Å²) in [6.07, 6.45) is 0.235. The van der Waals surface area contributed by atoms with Crippen LogP contribution in [0.2, 0.25) is 0 Å². The van der Waals surface area contributed by atoms with Crippen LogP contribution in [-0.2, 0) is 11.2 Å². The molecule has 210 valence electrons. The van der Waals surface area contributed by atoms with Crippen molar-refractivity contribution in [3.8, 4) is 22.4 Å². The predicted molar refractivity (Wildman–Crippen MR) is 150 cm³/mol. The number of nitrogens with one attached hydrogen (secondary N) is 2. The number of nitrogens with two attached hydrogens (primary N) is 1. The zero-order valence-corrected chi connectivity index (χ0v) is 22.2. The lowest BCUT2D eigenvalue weighted by molar-refractivity contribution is -0.117. The summed E-state index contributed by atoms with van der Waals surface area (Å²) in [5.74, 6) is 5.32. The molecule has 1 atom stereocenters. The van der Waals surface area contributed by atoms with Crippen LogP contribution < -0.4 is 16.5 Å². The molecule has 5 N–H and O–H groups in total. The van der Waals surface area contributed by atoms with Gasteiger partial charge in [-0.1, -0.05) is 24.3 Å². The summed E-state index contributed by atoms with van der Waals surface area (Å²) in [6, 6.07) is 12.7. The predicted octanol–water partition coefficient (Wildman–Crippen LogP) is 5.24. The van der Waals surface area contributed by atoms with Crippen molar-refractivity contribution in [2.45, 2.75) is 45.3 Å². The van der Waals surface area contributed by atoms with Gasteiger partial charge in [0.1, 0.15) is 12.1 Å². The van der Waals surface area contributed by atoms with Crippen LogP contribution in [-0.4, -0.2) is 46.0 Å². The molecule has 0 radical (unpaired) electrons. The molecule has 1 aliphatic rings. The SMILES string of the molecule is Cc1ccc(C/C=C(\C=N/N)C(F)(F)F)cc1-c1cc(NC(C)CO)cc(-c2cc(NC(=O)C3CC3)ncn2)c1. The third kappa shape index (κ3) is 7.44. The van der Waals surface area contributed by atoms with Gasteiger partial charge in [-0.25, -0.2) is 9.97 Å². The Balaban J connectivity index is 1.72. The van der Waals surface area contributed by atoms with Crippen molar-refractivity contribution >= 4 is 23.6 Å². The van der Waals surface area contributed by atoms with Crippen molar-refractivity contribution in [2.24, 2.45) is 16.9 Å². The quantitative estimate of drug-likeness (QED) is 0.155. The number of halogens is 3. The van der Waals surface area contributed by atoms with E-state index in [9.17, 15) is 23.1 Å². The molecule has 1 aromatic heterocycles. The van der Waals surface area contributed by atoms with E-state index in [1.165, 1.54) is 6.33 Å². The van der Waals surface area contributed by atoms with Gasteiger partial charge in [0.2, 0.25) is 5.91 Å². The molecule has 3 aromatic rings. The molecule has 1 heterocycles. The largest absolute Gasteiger partial charge is 0.417 e. The Bertz CT molecular complexity index is 1430. The van der Waals surface area contributed by atoms with Crippen LogP contribution in [0.15, 0.2) is 65.5 Å². The number of hydrogen-bond acceptors (Lipinski definition) is 7. The van der Waals surface area contributed by atoms with Crippen LogP contribution in [0.25, 0.3) is 22.4 Å². The van der Waals surface area contributed by atoms with Crippen molar-refractivity contribution in [3.05, 3.63) is 71.6 Å². The van der Waals surface area contributed by atoms with E-state index in [0.717, 1.165) is 46.9 Å². The van der Waals surface area contributed by atoms with Gasteiger partial charge in [0.05, 0.1) is 24.1 Å². The number of rotatable bonds is 10. The summed E-state index contributed by atoms with van der Waals surface area (Å²) in [5.41, 5.74) is 4.33. The Morgan fingerprint density at radius 3 is 2.60 bits per heavy atom. The molecule has 4 rings (SSSR count). The highest BCUT2D eigenvalue weighted by molar-refractivity contribution is 5.93. The fraction of sp³-hybridized carbons (Fsp3) is 0.310. The molecule has 0 spiro atoms. The second-order valence-corrected chi connectivity index (χ2v) is 9.87. The number of hydrogen-bond donors (Lipinski definition) is 4. The summed E-state index contributed by atoms with van der Waals surface area (Å²) in [6.45, 7) is 3.67. The highest BCUT2D eigenvalue weighted by atomic mass is 19.4. The number of nitrogens with zero attached hydrogens (tertiary/aromatic N) is 3. The van der Waals surface area contributed by atoms with Crippen LogP contribution in [0.4, 0.5) is 24.7 Å². The molecule has 0 bridgehead atoms. The number of aliphatic hydroxyl groups is 1. The van der Waals surface area contributed by atoms with Gasteiger partial charge in [-0.15, -0.1) is 0 Å². The number of aryl methyl sites for hydroxylation is 1. The van der Waals surface area contributed by atoms with Gasteiger partial charge in [0, 0.05) is 29.3 Å². The maximum Gasteiger partial charge on any atom is 0.417 e. The van der Waals surface area contributed by atoms with Gasteiger partial charge in [-0.2, -0.15) is 18.3 Å². The molecule has 1 amide bonds. The van der Waals surface area contributed by atoms with E-state index >= 15 is 0 Å². The number of aliphatic hydroxyl groups excluding tert-OH is 1. The average Bonchev–Trinajstić information content (AvgIpc) is 3.77. The van der Waals surface area contributed by atoms with E-state index in [2.05, 4.69) is 25.7 Å². The Morgan fingerprint density at radius 2 is 1.93 bits per heavy atom. The molecule has 1 aliphatic carbocycles. The number of carbonyl (C=O) groups excluding carboxylic acids is 1. The number of allylic oxidation sites excluding steroid dienone is 2. The summed E-state index contributed by atoms with van der Waals surface area (Å²) in [7, 11) is 0. The number of benzene rings is 2. The van der Waals surface area contributed by atoms with E-state index in [4.69, 9.17) is 5.84 Å². The summed E-state index contributed by atoms with van der Waals surface area (Å²) in [5, 5.41) is 18.7. The van der Waals surface area contributed by atoms with Crippen LogP contribution in [0, 0.1) is 12.8 Å². The fourth-order valence-corrected chi connectivity index (χ4v) is 4.16. The first-order valence-electron chi connectivity index (χ1n) is 12.8. The average molecular weight is 553 g/mol. The number of amides is 1. The van der Waals surface area contributed by atoms with Crippen molar-refractivity contribution in [1.82, 2.24) is 9.97 Å². The number of alkyl halides is 3. The molecular weight excluding hydrogens is 521 g/mol. The second kappa shape index (κ2) is 12.3. The third-order valence-corrected chi connectivity index (χ3v) is 6.49. The minimum Gasteiger partial charge on any atom is -0.394 e. The summed E-state index contributed by atoms with van der Waals surface area (Å²) in [4.78, 5) is 20.8. The topological polar surface area (TPSA) is 126 Å². The Labute approximate surface area is 230 Å². The smallest absolute Gasteiger partial charge is 0.394 e. The zero-order valence-electron chi connectivity index (χ0n) is 22.2. The highest BCUT2D eigenvalue weighted by Crippen LogP contribution is 2.34. The van der Waals surface area contributed by atoms with E-state index in [1.54, 1.807) is 12.1 Å². The van der Waals surface area contributed by atoms with Crippen LogP contribution in [0.3, 0.4) is 0 Å². The zero-order chi connectivity index (χ0) is 28.9. The molecule has 2 aromatic carbocycles. The molecule has 40 heavy (non-hydrogen) atoms. The lowest BCUT2D eigenvalue weighted by Crippen LogP contribution is -2.19. The van der Waals surface area contributed by atoms with E-state index in [0.29, 0.717) is 23.3 Å². The van der Waals surface area contributed by atoms with Crippen molar-refractivity contribution < 1.29 is 23.1 Å². The first-order valence-corrected chi connectivity index (χ1v) is 12.8. The van der Waals surface area contributed by atoms with Crippen molar-refractivity contribution in [3.63, 3.8) is 0 Å². The monoisotopic (exact) mass is 552 g/mol. The molecule has 1 fully saturated rings. The lowest BCUT2D eigenvalue weighted by atomic mass is 9.94. The highest BCUT2D eigenvalue weighted by Gasteiger charge is 2.32. The summed E-state index contributed by atoms with van der Waals surface area (Å²) >= 11 is 0. The number of anilines is 2. The molecule has 1 saturated carbocycles.